The van der Waals surface area contributed by atoms with Crippen molar-refractivity contribution in [3.8, 4) is 11.5 Å². The van der Waals surface area contributed by atoms with Crippen LogP contribution in [0.5, 0.6) is 11.5 Å². The van der Waals surface area contributed by atoms with Gasteiger partial charge in [0, 0.05) is 45.8 Å². The van der Waals surface area contributed by atoms with Crippen LogP contribution in [-0.4, -0.2) is 56.7 Å². The van der Waals surface area contributed by atoms with Crippen LogP contribution in [0.2, 0.25) is 0 Å². The van der Waals surface area contributed by atoms with Gasteiger partial charge in [-0.25, -0.2) is 0 Å². The van der Waals surface area contributed by atoms with Crippen LogP contribution in [0, 0.1) is 0 Å². The lowest BCUT2D eigenvalue weighted by Crippen LogP contribution is -2.39. The number of hydrogen-bond acceptors (Lipinski definition) is 10. The summed E-state index contributed by atoms with van der Waals surface area (Å²) in [4.78, 5) is 54.2. The lowest BCUT2D eigenvalue weighted by molar-refractivity contribution is 0.0603. The molecule has 0 atom stereocenters. The van der Waals surface area contributed by atoms with Gasteiger partial charge < -0.3 is 10.2 Å². The molecule has 0 aromatic heterocycles. The Morgan fingerprint density at radius 2 is 0.870 bits per heavy atom. The van der Waals surface area contributed by atoms with Crippen LogP contribution in [0.15, 0.2) is 118 Å². The van der Waals surface area contributed by atoms with Crippen molar-refractivity contribution >= 4 is 80.1 Å². The van der Waals surface area contributed by atoms with Crippen molar-refractivity contribution in [2.75, 3.05) is 13.1 Å². The Morgan fingerprint density at radius 3 is 1.24 bits per heavy atom. The Hall–Kier alpha value is -7.34. The summed E-state index contributed by atoms with van der Waals surface area (Å²) in [6.07, 6.45) is 3.85. The fourth-order valence-corrected chi connectivity index (χ4v) is 6.82. The van der Waals surface area contributed by atoms with E-state index in [-0.39, 0.29) is 36.0 Å². The molecule has 0 bridgehead atoms. The summed E-state index contributed by atoms with van der Waals surface area (Å²) in [5.74, 6) is -1.99. The van der Waals surface area contributed by atoms with Gasteiger partial charge in [-0.15, -0.1) is 10.2 Å². The summed E-state index contributed by atoms with van der Waals surface area (Å²) in [6, 6.07) is 27.4. The maximum atomic E-state index is 13.1. The smallest absolute Gasteiger partial charge is 0.261 e. The number of phenols is 2. The Balaban J connectivity index is 0.970. The fourth-order valence-electron chi connectivity index (χ4n) is 6.82. The zero-order chi connectivity index (χ0) is 37.7. The van der Waals surface area contributed by atoms with Crippen molar-refractivity contribution in [3.05, 3.63) is 130 Å². The summed E-state index contributed by atoms with van der Waals surface area (Å²) < 4.78 is 0. The number of hydrogen-bond donors (Lipinski definition) is 2. The van der Waals surface area contributed by atoms with E-state index in [1.54, 1.807) is 74.5 Å². The van der Waals surface area contributed by atoms with Crippen molar-refractivity contribution in [1.29, 1.82) is 0 Å². The molecule has 2 aliphatic rings. The molecule has 12 nitrogen and oxygen atoms in total. The summed E-state index contributed by atoms with van der Waals surface area (Å²) >= 11 is 0. The summed E-state index contributed by atoms with van der Waals surface area (Å²) in [6.45, 7) is 3.90. The number of nitrogens with zero attached hydrogens (tertiary/aromatic N) is 6. The largest absolute Gasteiger partial charge is 0.505 e. The third-order valence-corrected chi connectivity index (χ3v) is 9.56. The number of benzene rings is 6. The lowest BCUT2D eigenvalue weighted by Gasteiger charge is -2.26. The molecular weight excluding hydrogens is 684 g/mol. The van der Waals surface area contributed by atoms with Gasteiger partial charge in [0.2, 0.25) is 0 Å². The number of amides is 4. The second-order valence-electron chi connectivity index (χ2n) is 12.7. The maximum absolute atomic E-state index is 13.1. The first kappa shape index (κ1) is 33.8. The normalized spacial score (nSPS) is 14.3. The maximum Gasteiger partial charge on any atom is 0.261 e. The second kappa shape index (κ2) is 13.3. The van der Waals surface area contributed by atoms with E-state index in [0.29, 0.717) is 55.2 Å². The van der Waals surface area contributed by atoms with E-state index in [4.69, 9.17) is 0 Å². The zero-order valence-electron chi connectivity index (χ0n) is 29.0. The first-order chi connectivity index (χ1) is 26.2. The average molecular weight is 715 g/mol. The quantitative estimate of drug-likeness (QED) is 0.0905. The predicted octanol–water partition coefficient (Wildman–Crippen LogP) is 9.64. The van der Waals surface area contributed by atoms with E-state index in [2.05, 4.69) is 20.5 Å². The molecule has 6 aromatic rings. The highest BCUT2D eigenvalue weighted by Crippen LogP contribution is 2.43. The van der Waals surface area contributed by atoms with Gasteiger partial charge in [-0.1, -0.05) is 60.7 Å². The number of imide groups is 2. The highest BCUT2D eigenvalue weighted by Gasteiger charge is 2.34. The van der Waals surface area contributed by atoms with E-state index in [0.717, 1.165) is 11.1 Å². The standard InChI is InChI=1S/C42H30N6O6/c1-3-47-39(51)29-9-5-7-27-35(29)31(41(47)53)21-33(37(27)49)45-43-25-17-13-23(14-18-25)11-12-24-15-19-26(20-16-24)44-46-34-22-32-36-28(38(34)50)8-6-10-30(36)40(52)48(4-2)42(32)54/h5-22,49-50H,3-4H2,1-2H3. The molecule has 2 N–H and O–H groups in total. The SMILES string of the molecule is CCN1C(=O)c2cccc3c(O)c(N=Nc4ccc(C=Cc5ccc(N=Nc6cc7c8c(cccc8c6O)C(=O)N(CC)C7=O)cc5)cc4)cc(c23)C1=O. The van der Waals surface area contributed by atoms with E-state index >= 15 is 0 Å². The summed E-state index contributed by atoms with van der Waals surface area (Å²) in [5, 5.41) is 40.6. The van der Waals surface area contributed by atoms with Gasteiger partial charge in [0.05, 0.1) is 22.5 Å². The molecule has 2 heterocycles. The van der Waals surface area contributed by atoms with Crippen LogP contribution in [0.25, 0.3) is 33.7 Å². The minimum absolute atomic E-state index is 0.119. The van der Waals surface area contributed by atoms with Crippen LogP contribution < -0.4 is 0 Å². The number of carbonyl (C=O) groups is 4. The molecule has 6 aromatic carbocycles. The van der Waals surface area contributed by atoms with Crippen molar-refractivity contribution < 1.29 is 29.4 Å². The van der Waals surface area contributed by atoms with Gasteiger partial charge in [-0.2, -0.15) is 10.2 Å². The number of phenolic OH excluding ortho intramolecular Hbond substituents is 2. The molecule has 0 saturated carbocycles. The van der Waals surface area contributed by atoms with Crippen LogP contribution in [0.3, 0.4) is 0 Å². The molecule has 8 rings (SSSR count). The molecule has 12 heteroatoms. The van der Waals surface area contributed by atoms with Crippen LogP contribution in [0.1, 0.15) is 66.4 Å². The zero-order valence-corrected chi connectivity index (χ0v) is 29.0. The Morgan fingerprint density at radius 1 is 0.500 bits per heavy atom. The second-order valence-corrected chi connectivity index (χ2v) is 12.7. The Kier molecular flexibility index (Phi) is 8.34. The van der Waals surface area contributed by atoms with E-state index < -0.39 is 23.6 Å². The molecule has 0 radical (unpaired) electrons. The first-order valence-corrected chi connectivity index (χ1v) is 17.2. The molecule has 0 fully saturated rings. The van der Waals surface area contributed by atoms with Crippen LogP contribution >= 0.6 is 0 Å². The van der Waals surface area contributed by atoms with Crippen LogP contribution in [0.4, 0.5) is 22.7 Å². The van der Waals surface area contributed by atoms with Crippen molar-refractivity contribution in [3.63, 3.8) is 0 Å². The van der Waals surface area contributed by atoms with Crippen LogP contribution in [-0.2, 0) is 0 Å². The number of azo groups is 2. The molecule has 54 heavy (non-hydrogen) atoms. The minimum Gasteiger partial charge on any atom is -0.505 e. The first-order valence-electron chi connectivity index (χ1n) is 17.2. The number of carbonyl (C=O) groups excluding carboxylic acids is 4. The topological polar surface area (TPSA) is 165 Å². The van der Waals surface area contributed by atoms with Gasteiger partial charge in [-0.3, -0.25) is 29.0 Å². The molecule has 2 aliphatic heterocycles. The highest BCUT2D eigenvalue weighted by molar-refractivity contribution is 6.28. The fraction of sp³-hybridized carbons (Fsp3) is 0.0952. The predicted molar refractivity (Wildman–Crippen MR) is 203 cm³/mol. The molecule has 264 valence electrons. The number of aromatic hydroxyl groups is 2. The number of rotatable bonds is 8. The molecule has 0 saturated heterocycles. The summed E-state index contributed by atoms with van der Waals surface area (Å²) in [7, 11) is 0. The van der Waals surface area contributed by atoms with E-state index in [1.165, 1.54) is 21.9 Å². The molecular formula is C42H30N6O6. The minimum atomic E-state index is -0.440. The monoisotopic (exact) mass is 714 g/mol. The third kappa shape index (κ3) is 5.57. The van der Waals surface area contributed by atoms with Crippen molar-refractivity contribution in [2.45, 2.75) is 13.8 Å². The van der Waals surface area contributed by atoms with Gasteiger partial charge >= 0.3 is 0 Å². The Labute approximate surface area is 308 Å². The summed E-state index contributed by atoms with van der Waals surface area (Å²) in [5.41, 5.74) is 4.39. The highest BCUT2D eigenvalue weighted by atomic mass is 16.3. The van der Waals surface area contributed by atoms with Gasteiger partial charge in [0.15, 0.2) is 11.5 Å². The molecule has 0 spiro atoms. The van der Waals surface area contributed by atoms with Gasteiger partial charge in [0.1, 0.15) is 11.4 Å². The van der Waals surface area contributed by atoms with E-state index in [9.17, 15) is 29.4 Å². The third-order valence-electron chi connectivity index (χ3n) is 9.56. The molecule has 0 unspecified atom stereocenters. The molecule has 4 amide bonds. The van der Waals surface area contributed by atoms with Gasteiger partial charge in [-0.05, 0) is 73.5 Å². The lowest BCUT2D eigenvalue weighted by atomic mass is 9.93. The van der Waals surface area contributed by atoms with Crippen molar-refractivity contribution in [2.24, 2.45) is 20.5 Å². The molecule has 0 aliphatic carbocycles. The average Bonchev–Trinajstić information content (AvgIpc) is 3.19. The van der Waals surface area contributed by atoms with E-state index in [1.807, 2.05) is 36.4 Å². The van der Waals surface area contributed by atoms with Gasteiger partial charge in [0.25, 0.3) is 23.6 Å². The van der Waals surface area contributed by atoms with Crippen molar-refractivity contribution in [1.82, 2.24) is 9.80 Å². The Bertz CT molecular complexity index is 2500.